The van der Waals surface area contributed by atoms with Gasteiger partial charge in [-0.2, -0.15) is 0 Å². The van der Waals surface area contributed by atoms with Crippen LogP contribution in [0.25, 0.3) is 0 Å². The Labute approximate surface area is 142 Å². The van der Waals surface area contributed by atoms with E-state index in [9.17, 15) is 9.90 Å². The molecule has 1 N–H and O–H groups in total. The summed E-state index contributed by atoms with van der Waals surface area (Å²) >= 11 is 0. The molecule has 2 fully saturated rings. The molecule has 2 aromatic rings. The van der Waals surface area contributed by atoms with Crippen molar-refractivity contribution in [3.8, 4) is 0 Å². The fraction of sp³-hybridized carbons (Fsp3) is 0.381. The van der Waals surface area contributed by atoms with E-state index >= 15 is 0 Å². The van der Waals surface area contributed by atoms with Gasteiger partial charge in [0.1, 0.15) is 0 Å². The molecular weight excluding hydrogens is 298 g/mol. The highest BCUT2D eigenvalue weighted by Gasteiger charge is 2.53. The number of benzene rings is 2. The van der Waals surface area contributed by atoms with Crippen LogP contribution >= 0.6 is 0 Å². The molecule has 24 heavy (non-hydrogen) atoms. The van der Waals surface area contributed by atoms with Gasteiger partial charge in [0.05, 0.1) is 5.41 Å². The zero-order chi connectivity index (χ0) is 16.6. The zero-order valence-electron chi connectivity index (χ0n) is 13.8. The number of aliphatic carboxylic acids is 1. The molecule has 3 heteroatoms. The number of rotatable bonds is 4. The van der Waals surface area contributed by atoms with E-state index in [0.717, 1.165) is 37.8 Å². The van der Waals surface area contributed by atoms with Gasteiger partial charge in [0, 0.05) is 18.6 Å². The first-order chi connectivity index (χ1) is 11.7. The molecule has 0 aromatic heterocycles. The third-order valence-electron chi connectivity index (χ3n) is 5.88. The van der Waals surface area contributed by atoms with E-state index in [1.165, 1.54) is 5.56 Å². The summed E-state index contributed by atoms with van der Waals surface area (Å²) < 4.78 is 0. The Balaban J connectivity index is 1.62. The number of carbonyl (C=O) groups is 1. The van der Waals surface area contributed by atoms with E-state index in [0.29, 0.717) is 12.1 Å². The molecule has 0 amide bonds. The van der Waals surface area contributed by atoms with Crippen LogP contribution in [0, 0.1) is 0 Å². The van der Waals surface area contributed by atoms with Crippen molar-refractivity contribution in [3.05, 3.63) is 71.8 Å². The van der Waals surface area contributed by atoms with Crippen molar-refractivity contribution in [3.63, 3.8) is 0 Å². The molecule has 2 bridgehead atoms. The molecule has 124 valence electrons. The van der Waals surface area contributed by atoms with Gasteiger partial charge in [-0.25, -0.2) is 0 Å². The lowest BCUT2D eigenvalue weighted by atomic mass is 9.70. The topological polar surface area (TPSA) is 40.5 Å². The smallest absolute Gasteiger partial charge is 0.314 e. The van der Waals surface area contributed by atoms with Crippen molar-refractivity contribution >= 4 is 5.97 Å². The van der Waals surface area contributed by atoms with Crippen LogP contribution in [0.4, 0.5) is 0 Å². The maximum atomic E-state index is 12.2. The normalized spacial score (nSPS) is 29.5. The van der Waals surface area contributed by atoms with E-state index in [2.05, 4.69) is 29.2 Å². The lowest BCUT2D eigenvalue weighted by Crippen LogP contribution is -2.52. The second-order valence-corrected chi connectivity index (χ2v) is 7.20. The Hall–Kier alpha value is -2.13. The van der Waals surface area contributed by atoms with Crippen LogP contribution in [-0.4, -0.2) is 28.1 Å². The van der Waals surface area contributed by atoms with Crippen molar-refractivity contribution < 1.29 is 9.90 Å². The van der Waals surface area contributed by atoms with E-state index in [1.807, 2.05) is 36.4 Å². The lowest BCUT2D eigenvalue weighted by Gasteiger charge is -2.44. The Kier molecular flexibility index (Phi) is 3.89. The molecule has 0 spiro atoms. The maximum absolute atomic E-state index is 12.2. The van der Waals surface area contributed by atoms with Crippen molar-refractivity contribution in [2.75, 3.05) is 0 Å². The van der Waals surface area contributed by atoms with Gasteiger partial charge in [0.15, 0.2) is 0 Å². The van der Waals surface area contributed by atoms with Crippen LogP contribution in [0.2, 0.25) is 0 Å². The minimum Gasteiger partial charge on any atom is -0.481 e. The Morgan fingerprint density at radius 2 is 1.50 bits per heavy atom. The van der Waals surface area contributed by atoms with Gasteiger partial charge in [0.2, 0.25) is 0 Å². The average Bonchev–Trinajstić information content (AvgIpc) is 2.85. The molecule has 2 aliphatic rings. The van der Waals surface area contributed by atoms with Crippen LogP contribution < -0.4 is 0 Å². The van der Waals surface area contributed by atoms with Crippen LogP contribution in [0.1, 0.15) is 36.8 Å². The third-order valence-corrected chi connectivity index (χ3v) is 5.88. The van der Waals surface area contributed by atoms with Gasteiger partial charge in [-0.3, -0.25) is 9.69 Å². The van der Waals surface area contributed by atoms with E-state index in [-0.39, 0.29) is 0 Å². The second kappa shape index (κ2) is 6.06. The SMILES string of the molecule is O=C(O)C1(c2ccccc2)CC2CCC(C1)N2Cc1ccccc1. The molecule has 4 rings (SSSR count). The van der Waals surface area contributed by atoms with Gasteiger partial charge < -0.3 is 5.11 Å². The summed E-state index contributed by atoms with van der Waals surface area (Å²) in [7, 11) is 0. The average molecular weight is 321 g/mol. The highest BCUT2D eigenvalue weighted by molar-refractivity contribution is 5.82. The first kappa shape index (κ1) is 15.4. The molecule has 2 aromatic carbocycles. The monoisotopic (exact) mass is 321 g/mol. The van der Waals surface area contributed by atoms with Gasteiger partial charge in [-0.15, -0.1) is 0 Å². The molecule has 2 saturated heterocycles. The molecule has 0 aliphatic carbocycles. The number of carboxylic acids is 1. The number of hydrogen-bond donors (Lipinski definition) is 1. The summed E-state index contributed by atoms with van der Waals surface area (Å²) in [6.45, 7) is 0.931. The maximum Gasteiger partial charge on any atom is 0.314 e. The summed E-state index contributed by atoms with van der Waals surface area (Å²) in [5, 5.41) is 10.1. The summed E-state index contributed by atoms with van der Waals surface area (Å²) in [5.74, 6) is -0.662. The summed E-state index contributed by atoms with van der Waals surface area (Å²) in [4.78, 5) is 14.8. The molecule has 0 saturated carbocycles. The first-order valence-corrected chi connectivity index (χ1v) is 8.78. The molecule has 0 radical (unpaired) electrons. The van der Waals surface area contributed by atoms with E-state index in [1.54, 1.807) is 0 Å². The third kappa shape index (κ3) is 2.53. The number of carboxylic acid groups (broad SMARTS) is 1. The molecule has 3 nitrogen and oxygen atoms in total. The van der Waals surface area contributed by atoms with Crippen LogP contribution in [0.5, 0.6) is 0 Å². The molecule has 2 aliphatic heterocycles. The van der Waals surface area contributed by atoms with E-state index < -0.39 is 11.4 Å². The fourth-order valence-corrected chi connectivity index (χ4v) is 4.68. The Bertz CT molecular complexity index is 699. The Morgan fingerprint density at radius 1 is 0.958 bits per heavy atom. The minimum absolute atomic E-state index is 0.361. The van der Waals surface area contributed by atoms with Gasteiger partial charge in [-0.05, 0) is 36.8 Å². The minimum atomic E-state index is -0.722. The number of nitrogens with zero attached hydrogens (tertiary/aromatic N) is 1. The zero-order valence-corrected chi connectivity index (χ0v) is 13.8. The molecule has 2 heterocycles. The lowest BCUT2D eigenvalue weighted by molar-refractivity contribution is -0.147. The highest BCUT2D eigenvalue weighted by atomic mass is 16.4. The van der Waals surface area contributed by atoms with Gasteiger partial charge in [-0.1, -0.05) is 60.7 Å². The predicted molar refractivity (Wildman–Crippen MR) is 93.8 cm³/mol. The fourth-order valence-electron chi connectivity index (χ4n) is 4.68. The number of piperidine rings is 1. The largest absolute Gasteiger partial charge is 0.481 e. The van der Waals surface area contributed by atoms with Gasteiger partial charge in [0.25, 0.3) is 0 Å². The van der Waals surface area contributed by atoms with Crippen molar-refractivity contribution in [1.82, 2.24) is 4.90 Å². The van der Waals surface area contributed by atoms with Crippen molar-refractivity contribution in [1.29, 1.82) is 0 Å². The molecular formula is C21H23NO2. The molecule has 2 unspecified atom stereocenters. The van der Waals surface area contributed by atoms with Crippen molar-refractivity contribution in [2.45, 2.75) is 49.7 Å². The van der Waals surface area contributed by atoms with Crippen molar-refractivity contribution in [2.24, 2.45) is 0 Å². The first-order valence-electron chi connectivity index (χ1n) is 8.78. The van der Waals surface area contributed by atoms with Gasteiger partial charge >= 0.3 is 5.97 Å². The number of hydrogen-bond acceptors (Lipinski definition) is 2. The quantitative estimate of drug-likeness (QED) is 0.930. The standard InChI is InChI=1S/C21H23NO2/c23-20(24)21(17-9-5-2-6-10-17)13-18-11-12-19(14-21)22(18)15-16-7-3-1-4-8-16/h1-10,18-19H,11-15H2,(H,23,24). The predicted octanol–water partition coefficient (Wildman–Crippen LogP) is 3.84. The Morgan fingerprint density at radius 3 is 2.04 bits per heavy atom. The van der Waals surface area contributed by atoms with Crippen LogP contribution in [-0.2, 0) is 16.8 Å². The summed E-state index contributed by atoms with van der Waals surface area (Å²) in [5.41, 5.74) is 1.56. The molecule has 2 atom stereocenters. The summed E-state index contributed by atoms with van der Waals surface area (Å²) in [6.07, 6.45) is 3.66. The van der Waals surface area contributed by atoms with E-state index in [4.69, 9.17) is 0 Å². The summed E-state index contributed by atoms with van der Waals surface area (Å²) in [6, 6.07) is 21.1. The highest BCUT2D eigenvalue weighted by Crippen LogP contribution is 2.47. The number of fused-ring (bicyclic) bond motifs is 2. The van der Waals surface area contributed by atoms with Crippen LogP contribution in [0.3, 0.4) is 0 Å². The van der Waals surface area contributed by atoms with Crippen LogP contribution in [0.15, 0.2) is 60.7 Å². The second-order valence-electron chi connectivity index (χ2n) is 7.20.